The Labute approximate surface area is 392 Å². The summed E-state index contributed by atoms with van der Waals surface area (Å²) in [6, 6.07) is 7.99. The normalized spacial score (nSPS) is 17.9. The van der Waals surface area contributed by atoms with Crippen LogP contribution in [-0.4, -0.2) is 102 Å². The van der Waals surface area contributed by atoms with E-state index in [-0.39, 0.29) is 97.3 Å². The van der Waals surface area contributed by atoms with E-state index in [4.69, 9.17) is 4.74 Å². The van der Waals surface area contributed by atoms with Crippen molar-refractivity contribution in [3.63, 3.8) is 0 Å². The van der Waals surface area contributed by atoms with E-state index in [0.717, 1.165) is 27.9 Å². The van der Waals surface area contributed by atoms with E-state index in [0.29, 0.717) is 35.3 Å². The Balaban J connectivity index is 0.000000189. The Bertz CT molecular complexity index is 3050. The Morgan fingerprint density at radius 3 is 1.61 bits per heavy atom. The van der Waals surface area contributed by atoms with Crippen LogP contribution in [-0.2, 0) is 46.3 Å². The number of halogens is 10. The minimum atomic E-state index is -4.94. The molecule has 70 heavy (non-hydrogen) atoms. The molecular formula is C48H48F10N6O6. The zero-order chi connectivity index (χ0) is 51.2. The van der Waals surface area contributed by atoms with Crippen LogP contribution in [0.1, 0.15) is 51.7 Å². The van der Waals surface area contributed by atoms with Crippen molar-refractivity contribution in [1.29, 1.82) is 0 Å². The number of amides is 2. The van der Waals surface area contributed by atoms with Crippen molar-refractivity contribution >= 4 is 33.6 Å². The first-order chi connectivity index (χ1) is 32.6. The largest absolute Gasteiger partial charge is 0.419 e. The molecule has 3 saturated heterocycles. The summed E-state index contributed by atoms with van der Waals surface area (Å²) in [7, 11) is 0. The molecule has 22 heteroatoms. The highest BCUT2D eigenvalue weighted by Crippen LogP contribution is 2.38. The maximum absolute atomic E-state index is 13.9. The number of aromatic nitrogens is 4. The molecule has 2 atom stereocenters. The lowest BCUT2D eigenvalue weighted by atomic mass is 10.0. The molecule has 376 valence electrons. The van der Waals surface area contributed by atoms with Crippen LogP contribution in [0.15, 0.2) is 82.9 Å². The van der Waals surface area contributed by atoms with Gasteiger partial charge in [0, 0.05) is 49.0 Å². The molecule has 2 unspecified atom stereocenters. The number of pyridine rings is 2. The SMILES string of the molecule is CC(C)(O)Cn1cc(-c2ccc(F)c(C(F)(F)F)c2)c2c(=O)n(CC(=O)N3CCC(F)C3)ccc21.CC1(C)CO1.O=C(Cn1ccc2[nH]cc(-c3ccc(F)c(C(F)(F)F)c3)c2c1=O)N1CCC(F)C1. The van der Waals surface area contributed by atoms with Crippen LogP contribution in [0.25, 0.3) is 44.1 Å². The van der Waals surface area contributed by atoms with Gasteiger partial charge >= 0.3 is 12.4 Å². The van der Waals surface area contributed by atoms with Crippen molar-refractivity contribution in [3.05, 3.63) is 117 Å². The predicted octanol–water partition coefficient (Wildman–Crippen LogP) is 8.49. The summed E-state index contributed by atoms with van der Waals surface area (Å²) in [4.78, 5) is 56.8. The third kappa shape index (κ3) is 11.8. The fourth-order valence-electron chi connectivity index (χ4n) is 8.11. The van der Waals surface area contributed by atoms with E-state index < -0.39 is 76.0 Å². The average molecular weight is 995 g/mol. The quantitative estimate of drug-likeness (QED) is 0.116. The smallest absolute Gasteiger partial charge is 0.389 e. The molecule has 0 spiro atoms. The fourth-order valence-corrected chi connectivity index (χ4v) is 8.11. The van der Waals surface area contributed by atoms with Gasteiger partial charge in [0.2, 0.25) is 11.8 Å². The van der Waals surface area contributed by atoms with Crippen molar-refractivity contribution in [2.75, 3.05) is 32.8 Å². The number of hydrogen-bond donors (Lipinski definition) is 2. The molecule has 9 rings (SSSR count). The first-order valence-corrected chi connectivity index (χ1v) is 22.0. The van der Waals surface area contributed by atoms with Gasteiger partial charge in [0.25, 0.3) is 11.1 Å². The summed E-state index contributed by atoms with van der Waals surface area (Å²) >= 11 is 0. The number of ether oxygens (including phenoxy) is 1. The number of hydrogen-bond acceptors (Lipinski definition) is 6. The molecule has 2 N–H and O–H groups in total. The van der Waals surface area contributed by atoms with Crippen LogP contribution in [0.4, 0.5) is 43.9 Å². The molecule has 3 aliphatic rings. The number of carbonyl (C=O) groups is 2. The number of H-pyrrole nitrogens is 1. The fraction of sp³-hybridized carbons (Fsp3) is 0.417. The maximum atomic E-state index is 13.9. The Morgan fingerprint density at radius 2 is 1.19 bits per heavy atom. The van der Waals surface area contributed by atoms with E-state index >= 15 is 0 Å². The Morgan fingerprint density at radius 1 is 0.729 bits per heavy atom. The van der Waals surface area contributed by atoms with Gasteiger partial charge in [0.1, 0.15) is 37.1 Å². The summed E-state index contributed by atoms with van der Waals surface area (Å²) in [5.41, 5.74) is -4.18. The van der Waals surface area contributed by atoms with Crippen LogP contribution >= 0.6 is 0 Å². The molecule has 4 aromatic heterocycles. The number of nitrogens with one attached hydrogen (secondary N) is 1. The molecule has 3 aliphatic heterocycles. The maximum Gasteiger partial charge on any atom is 0.419 e. The van der Waals surface area contributed by atoms with Gasteiger partial charge in [-0.3, -0.25) is 19.2 Å². The summed E-state index contributed by atoms with van der Waals surface area (Å²) in [6.45, 7) is 7.93. The predicted molar refractivity (Wildman–Crippen MR) is 238 cm³/mol. The summed E-state index contributed by atoms with van der Waals surface area (Å²) in [6.07, 6.45) is -6.03. The molecule has 0 radical (unpaired) electrons. The van der Waals surface area contributed by atoms with Gasteiger partial charge in [-0.2, -0.15) is 26.3 Å². The van der Waals surface area contributed by atoms with E-state index in [1.165, 1.54) is 65.1 Å². The molecule has 0 bridgehead atoms. The second-order valence-electron chi connectivity index (χ2n) is 18.6. The van der Waals surface area contributed by atoms with Crippen molar-refractivity contribution in [2.24, 2.45) is 0 Å². The monoisotopic (exact) mass is 994 g/mol. The lowest BCUT2D eigenvalue weighted by molar-refractivity contribution is -0.140. The molecule has 12 nitrogen and oxygen atoms in total. The van der Waals surface area contributed by atoms with Crippen LogP contribution in [0.2, 0.25) is 0 Å². The number of rotatable bonds is 8. The first-order valence-electron chi connectivity index (χ1n) is 22.0. The summed E-state index contributed by atoms with van der Waals surface area (Å²) < 4.78 is 142. The molecule has 0 aliphatic carbocycles. The molecular weight excluding hydrogens is 947 g/mol. The van der Waals surface area contributed by atoms with Crippen molar-refractivity contribution < 1.29 is 63.3 Å². The third-order valence-electron chi connectivity index (χ3n) is 11.8. The van der Waals surface area contributed by atoms with Gasteiger partial charge in [-0.05, 0) is 88.1 Å². The van der Waals surface area contributed by atoms with Gasteiger partial charge in [0.05, 0.1) is 70.4 Å². The van der Waals surface area contributed by atoms with E-state index in [9.17, 15) is 68.2 Å². The number of aliphatic hydroxyl groups is 1. The first kappa shape index (κ1) is 51.4. The Hall–Kier alpha value is -6.42. The highest BCUT2D eigenvalue weighted by Gasteiger charge is 2.36. The van der Waals surface area contributed by atoms with E-state index in [2.05, 4.69) is 18.8 Å². The summed E-state index contributed by atoms with van der Waals surface area (Å²) in [5.74, 6) is -3.73. The number of alkyl halides is 8. The lowest BCUT2D eigenvalue weighted by Gasteiger charge is -2.19. The standard InChI is InChI=1S/C24H24F5N3O3.C20H16F5N3O2.C4H8O/c1-23(2,35)13-32-11-16(14-3-4-18(26)17(9-14)24(27,28)29)21-19(32)6-8-31(22(21)34)12-20(33)30-7-5-15(25)10-30;21-12-3-5-27(9-12)17(29)10-28-6-4-16-18(19(28)30)13(8-26-16)11-1-2-15(22)14(7-11)20(23,24)25;1-4(2)3-5-4/h3-4,6,8-9,11,15,35H,5,7,10,12-13H2,1-2H3;1-2,4,6-8,12,26H,3,5,9-10H2;3H2,1-2H3. The molecule has 2 amide bonds. The highest BCUT2D eigenvalue weighted by atomic mass is 19.4. The number of benzene rings is 2. The zero-order valence-electron chi connectivity index (χ0n) is 38.2. The van der Waals surface area contributed by atoms with Gasteiger partial charge in [-0.15, -0.1) is 0 Å². The van der Waals surface area contributed by atoms with Crippen LogP contribution in [0, 0.1) is 11.6 Å². The minimum Gasteiger partial charge on any atom is -0.389 e. The van der Waals surface area contributed by atoms with Crippen LogP contribution < -0.4 is 11.1 Å². The van der Waals surface area contributed by atoms with Crippen LogP contribution in [0.3, 0.4) is 0 Å². The molecule has 2 aromatic carbocycles. The average Bonchev–Trinajstić information content (AvgIpc) is 3.77. The van der Waals surface area contributed by atoms with E-state index in [1.54, 1.807) is 0 Å². The molecule has 6 aromatic rings. The third-order valence-corrected chi connectivity index (χ3v) is 11.8. The number of epoxide rings is 1. The minimum absolute atomic E-state index is 0.0102. The van der Waals surface area contributed by atoms with Crippen LogP contribution in [0.5, 0.6) is 0 Å². The van der Waals surface area contributed by atoms with Gasteiger partial charge in [-0.1, -0.05) is 12.1 Å². The summed E-state index contributed by atoms with van der Waals surface area (Å²) in [5, 5.41) is 10.4. The number of carbonyl (C=O) groups excluding carboxylic acids is 2. The number of fused-ring (bicyclic) bond motifs is 2. The second kappa shape index (κ2) is 19.4. The Kier molecular flexibility index (Phi) is 14.3. The lowest BCUT2D eigenvalue weighted by Crippen LogP contribution is -2.35. The van der Waals surface area contributed by atoms with E-state index in [1.807, 2.05) is 0 Å². The van der Waals surface area contributed by atoms with Gasteiger partial charge in [-0.25, -0.2) is 17.6 Å². The van der Waals surface area contributed by atoms with Gasteiger partial charge in [0.15, 0.2) is 0 Å². The number of nitrogens with zero attached hydrogens (tertiary/aromatic N) is 5. The zero-order valence-corrected chi connectivity index (χ0v) is 38.2. The van der Waals surface area contributed by atoms with Crippen molar-refractivity contribution in [3.8, 4) is 22.3 Å². The molecule has 7 heterocycles. The number of likely N-dealkylation sites (tertiary alicyclic amines) is 2. The van der Waals surface area contributed by atoms with Gasteiger partial charge < -0.3 is 38.3 Å². The highest BCUT2D eigenvalue weighted by molar-refractivity contribution is 5.96. The second-order valence-corrected chi connectivity index (χ2v) is 18.6. The number of aromatic amines is 1. The van der Waals surface area contributed by atoms with Crippen molar-refractivity contribution in [1.82, 2.24) is 28.5 Å². The molecule has 3 fully saturated rings. The van der Waals surface area contributed by atoms with Crippen molar-refractivity contribution in [2.45, 2.75) is 96.1 Å². The topological polar surface area (TPSA) is 138 Å². The molecule has 0 saturated carbocycles.